The van der Waals surface area contributed by atoms with Gasteiger partial charge in [0.05, 0.1) is 17.2 Å². The molecular formula is C14H18N4. The number of nitrogens with one attached hydrogen (secondary N) is 1. The molecular weight excluding hydrogens is 224 g/mol. The molecule has 94 valence electrons. The highest BCUT2D eigenvalue weighted by molar-refractivity contribution is 5.75. The maximum atomic E-state index is 4.70. The van der Waals surface area contributed by atoms with Crippen molar-refractivity contribution in [3.8, 4) is 0 Å². The van der Waals surface area contributed by atoms with Crippen molar-refractivity contribution in [3.63, 3.8) is 0 Å². The molecule has 0 saturated carbocycles. The van der Waals surface area contributed by atoms with E-state index in [2.05, 4.69) is 15.2 Å². The summed E-state index contributed by atoms with van der Waals surface area (Å²) in [5.41, 5.74) is 1.94. The van der Waals surface area contributed by atoms with Crippen molar-refractivity contribution in [2.75, 3.05) is 25.0 Å². The molecule has 1 aliphatic heterocycles. The smallest absolute Gasteiger partial charge is 0.147 e. The van der Waals surface area contributed by atoms with Gasteiger partial charge in [-0.25, -0.2) is 4.98 Å². The normalized spacial score (nSPS) is 20.3. The minimum absolute atomic E-state index is 0.562. The van der Waals surface area contributed by atoms with Gasteiger partial charge in [-0.05, 0) is 32.0 Å². The van der Waals surface area contributed by atoms with E-state index >= 15 is 0 Å². The summed E-state index contributed by atoms with van der Waals surface area (Å²) in [6, 6.07) is 8.58. The molecule has 4 heteroatoms. The van der Waals surface area contributed by atoms with Crippen molar-refractivity contribution in [2.24, 2.45) is 0 Å². The summed E-state index contributed by atoms with van der Waals surface area (Å²) in [6.45, 7) is 2.09. The largest absolute Gasteiger partial charge is 0.354 e. The number of nitrogens with zero attached hydrogens (tertiary/aromatic N) is 3. The van der Waals surface area contributed by atoms with Gasteiger partial charge in [-0.2, -0.15) is 0 Å². The fraction of sp³-hybridized carbons (Fsp3) is 0.429. The zero-order valence-electron chi connectivity index (χ0n) is 10.6. The van der Waals surface area contributed by atoms with Crippen LogP contribution >= 0.6 is 0 Å². The SMILES string of the molecule is CNC1CCCN(c2cnc3ccccc3n2)C1. The Morgan fingerprint density at radius 3 is 2.94 bits per heavy atom. The predicted molar refractivity (Wildman–Crippen MR) is 73.8 cm³/mol. The van der Waals surface area contributed by atoms with Crippen molar-refractivity contribution in [1.29, 1.82) is 0 Å². The quantitative estimate of drug-likeness (QED) is 0.872. The van der Waals surface area contributed by atoms with Gasteiger partial charge in [0.15, 0.2) is 0 Å². The molecule has 1 aromatic carbocycles. The number of anilines is 1. The lowest BCUT2D eigenvalue weighted by molar-refractivity contribution is 0.447. The Hall–Kier alpha value is -1.68. The van der Waals surface area contributed by atoms with Crippen LogP contribution in [-0.2, 0) is 0 Å². The van der Waals surface area contributed by atoms with E-state index in [9.17, 15) is 0 Å². The summed E-state index contributed by atoms with van der Waals surface area (Å²) in [4.78, 5) is 11.5. The number of aromatic nitrogens is 2. The number of likely N-dealkylation sites (N-methyl/N-ethyl adjacent to an activating group) is 1. The molecule has 1 unspecified atom stereocenters. The summed E-state index contributed by atoms with van der Waals surface area (Å²) >= 11 is 0. The van der Waals surface area contributed by atoms with Crippen LogP contribution in [0.15, 0.2) is 30.5 Å². The Balaban J connectivity index is 1.89. The van der Waals surface area contributed by atoms with Crippen LogP contribution < -0.4 is 10.2 Å². The Labute approximate surface area is 107 Å². The minimum Gasteiger partial charge on any atom is -0.354 e. The molecule has 0 bridgehead atoms. The van der Waals surface area contributed by atoms with E-state index < -0.39 is 0 Å². The Morgan fingerprint density at radius 2 is 2.11 bits per heavy atom. The monoisotopic (exact) mass is 242 g/mol. The van der Waals surface area contributed by atoms with E-state index in [0.717, 1.165) is 29.9 Å². The van der Waals surface area contributed by atoms with Crippen LogP contribution in [0.1, 0.15) is 12.8 Å². The zero-order valence-corrected chi connectivity index (χ0v) is 10.6. The van der Waals surface area contributed by atoms with Crippen LogP contribution in [0.4, 0.5) is 5.82 Å². The standard InChI is InChI=1S/C14H18N4/c1-15-11-5-4-8-18(10-11)14-9-16-12-6-2-3-7-13(12)17-14/h2-3,6-7,9,11,15H,4-5,8,10H2,1H3. The molecule has 0 aliphatic carbocycles. The molecule has 18 heavy (non-hydrogen) atoms. The lowest BCUT2D eigenvalue weighted by Gasteiger charge is -2.33. The molecule has 0 amide bonds. The first-order chi connectivity index (χ1) is 8.86. The number of rotatable bonds is 2. The summed E-state index contributed by atoms with van der Waals surface area (Å²) < 4.78 is 0. The lowest BCUT2D eigenvalue weighted by Crippen LogP contribution is -2.44. The number of piperidine rings is 1. The molecule has 4 nitrogen and oxygen atoms in total. The number of hydrogen-bond acceptors (Lipinski definition) is 4. The number of fused-ring (bicyclic) bond motifs is 1. The van der Waals surface area contributed by atoms with Crippen LogP contribution in [0.5, 0.6) is 0 Å². The second kappa shape index (κ2) is 4.90. The third-order valence-electron chi connectivity index (χ3n) is 3.59. The molecule has 1 atom stereocenters. The Kier molecular flexibility index (Phi) is 3.11. The average molecular weight is 242 g/mol. The van der Waals surface area contributed by atoms with Gasteiger partial charge in [0.2, 0.25) is 0 Å². The highest BCUT2D eigenvalue weighted by Crippen LogP contribution is 2.19. The van der Waals surface area contributed by atoms with Crippen LogP contribution in [0.3, 0.4) is 0 Å². The van der Waals surface area contributed by atoms with Crippen molar-refractivity contribution >= 4 is 16.9 Å². The number of benzene rings is 1. The van der Waals surface area contributed by atoms with Crippen LogP contribution in [0.2, 0.25) is 0 Å². The number of para-hydroxylation sites is 2. The molecule has 2 heterocycles. The summed E-state index contributed by atoms with van der Waals surface area (Å²) in [6.07, 6.45) is 4.34. The first-order valence-electron chi connectivity index (χ1n) is 6.51. The van der Waals surface area contributed by atoms with Gasteiger partial charge in [0, 0.05) is 19.1 Å². The van der Waals surface area contributed by atoms with Gasteiger partial charge >= 0.3 is 0 Å². The molecule has 1 aromatic heterocycles. The third kappa shape index (κ3) is 2.16. The first kappa shape index (κ1) is 11.4. The van der Waals surface area contributed by atoms with Crippen LogP contribution in [-0.4, -0.2) is 36.1 Å². The van der Waals surface area contributed by atoms with Gasteiger partial charge in [-0.15, -0.1) is 0 Å². The van der Waals surface area contributed by atoms with Crippen molar-refractivity contribution < 1.29 is 0 Å². The zero-order chi connectivity index (χ0) is 12.4. The highest BCUT2D eigenvalue weighted by atomic mass is 15.2. The molecule has 3 rings (SSSR count). The summed E-state index contributed by atoms with van der Waals surface area (Å²) in [5, 5.41) is 3.35. The average Bonchev–Trinajstić information content (AvgIpc) is 2.47. The highest BCUT2D eigenvalue weighted by Gasteiger charge is 2.19. The Morgan fingerprint density at radius 1 is 1.28 bits per heavy atom. The fourth-order valence-electron chi connectivity index (χ4n) is 2.52. The fourth-order valence-corrected chi connectivity index (χ4v) is 2.52. The van der Waals surface area contributed by atoms with E-state index in [1.54, 1.807) is 0 Å². The third-order valence-corrected chi connectivity index (χ3v) is 3.59. The summed E-state index contributed by atoms with van der Waals surface area (Å²) in [5.74, 6) is 0.994. The van der Waals surface area contributed by atoms with E-state index in [1.807, 2.05) is 37.5 Å². The predicted octanol–water partition coefficient (Wildman–Crippen LogP) is 1.82. The summed E-state index contributed by atoms with van der Waals surface area (Å²) in [7, 11) is 2.03. The van der Waals surface area contributed by atoms with Gasteiger partial charge in [-0.3, -0.25) is 4.98 Å². The van der Waals surface area contributed by atoms with Gasteiger partial charge < -0.3 is 10.2 Å². The molecule has 1 aliphatic rings. The molecule has 0 spiro atoms. The second-order valence-corrected chi connectivity index (χ2v) is 4.79. The maximum Gasteiger partial charge on any atom is 0.147 e. The van der Waals surface area contributed by atoms with Crippen molar-refractivity contribution in [1.82, 2.24) is 15.3 Å². The van der Waals surface area contributed by atoms with E-state index in [0.29, 0.717) is 6.04 Å². The molecule has 1 saturated heterocycles. The minimum atomic E-state index is 0.562. The van der Waals surface area contributed by atoms with Gasteiger partial charge in [0.25, 0.3) is 0 Å². The maximum absolute atomic E-state index is 4.70. The number of hydrogen-bond donors (Lipinski definition) is 1. The van der Waals surface area contributed by atoms with E-state index in [-0.39, 0.29) is 0 Å². The van der Waals surface area contributed by atoms with Crippen molar-refractivity contribution in [3.05, 3.63) is 30.5 Å². The van der Waals surface area contributed by atoms with E-state index in [1.165, 1.54) is 12.8 Å². The first-order valence-corrected chi connectivity index (χ1v) is 6.51. The van der Waals surface area contributed by atoms with E-state index in [4.69, 9.17) is 4.98 Å². The molecule has 1 N–H and O–H groups in total. The topological polar surface area (TPSA) is 41.0 Å². The molecule has 1 fully saturated rings. The molecule has 2 aromatic rings. The van der Waals surface area contributed by atoms with Gasteiger partial charge in [-0.1, -0.05) is 12.1 Å². The lowest BCUT2D eigenvalue weighted by atomic mass is 10.1. The Bertz CT molecular complexity index is 540. The second-order valence-electron chi connectivity index (χ2n) is 4.79. The molecule has 0 radical (unpaired) electrons. The van der Waals surface area contributed by atoms with Crippen LogP contribution in [0.25, 0.3) is 11.0 Å². The van der Waals surface area contributed by atoms with Crippen LogP contribution in [0, 0.1) is 0 Å². The van der Waals surface area contributed by atoms with Gasteiger partial charge in [0.1, 0.15) is 5.82 Å². The van der Waals surface area contributed by atoms with Crippen molar-refractivity contribution in [2.45, 2.75) is 18.9 Å².